The normalized spacial score (nSPS) is 13.7. The van der Waals surface area contributed by atoms with Crippen molar-refractivity contribution < 1.29 is 4.79 Å². The fourth-order valence-corrected chi connectivity index (χ4v) is 1.75. The molecule has 2 rings (SSSR count). The van der Waals surface area contributed by atoms with Gasteiger partial charge in [-0.05, 0) is 24.6 Å². The van der Waals surface area contributed by atoms with Crippen LogP contribution in [0.15, 0.2) is 42.6 Å². The minimum absolute atomic E-state index is 0.173. The average Bonchev–Trinajstić information content (AvgIpc) is 2.37. The quantitative estimate of drug-likeness (QED) is 0.578. The molecule has 1 aromatic carbocycles. The Morgan fingerprint density at radius 1 is 1.41 bits per heavy atom. The van der Waals surface area contributed by atoms with Crippen molar-refractivity contribution in [2.45, 2.75) is 6.92 Å². The van der Waals surface area contributed by atoms with Crippen molar-refractivity contribution in [3.63, 3.8) is 0 Å². The monoisotopic (exact) mass is 224 g/mol. The topological polar surface area (TPSA) is 44.2 Å². The maximum Gasteiger partial charge on any atom is 0.255 e. The SMILES string of the molecule is C/C=C/C(=O)N1C=Cc2ccccc2C1=C=N. The molecular weight excluding hydrogens is 212 g/mol. The van der Waals surface area contributed by atoms with Gasteiger partial charge in [-0.1, -0.05) is 30.3 Å². The third kappa shape index (κ3) is 1.96. The predicted octanol–water partition coefficient (Wildman–Crippen LogP) is 2.66. The fourth-order valence-electron chi connectivity index (χ4n) is 1.75. The van der Waals surface area contributed by atoms with Gasteiger partial charge in [0.15, 0.2) is 0 Å². The molecule has 3 nitrogen and oxygen atoms in total. The second-order valence-corrected chi connectivity index (χ2v) is 3.58. The molecule has 0 bridgehead atoms. The van der Waals surface area contributed by atoms with Crippen LogP contribution in [-0.4, -0.2) is 16.7 Å². The van der Waals surface area contributed by atoms with E-state index in [4.69, 9.17) is 5.41 Å². The molecule has 0 unspecified atom stereocenters. The molecule has 0 aromatic heterocycles. The van der Waals surface area contributed by atoms with E-state index in [-0.39, 0.29) is 5.91 Å². The van der Waals surface area contributed by atoms with Gasteiger partial charge >= 0.3 is 0 Å². The zero-order chi connectivity index (χ0) is 12.3. The lowest BCUT2D eigenvalue weighted by molar-refractivity contribution is -0.121. The van der Waals surface area contributed by atoms with Crippen LogP contribution >= 0.6 is 0 Å². The summed E-state index contributed by atoms with van der Waals surface area (Å²) in [7, 11) is 0. The van der Waals surface area contributed by atoms with Crippen molar-refractivity contribution in [3.8, 4) is 0 Å². The highest BCUT2D eigenvalue weighted by molar-refractivity contribution is 6.04. The van der Waals surface area contributed by atoms with Gasteiger partial charge in [-0.15, -0.1) is 0 Å². The van der Waals surface area contributed by atoms with E-state index in [1.807, 2.05) is 30.3 Å². The van der Waals surface area contributed by atoms with Crippen LogP contribution in [0.3, 0.4) is 0 Å². The molecule has 84 valence electrons. The van der Waals surface area contributed by atoms with Crippen LogP contribution in [0.25, 0.3) is 11.8 Å². The minimum atomic E-state index is -0.173. The first-order valence-electron chi connectivity index (χ1n) is 5.31. The van der Waals surface area contributed by atoms with Gasteiger partial charge < -0.3 is 0 Å². The number of hydrogen-bond acceptors (Lipinski definition) is 2. The number of fused-ring (bicyclic) bond motifs is 1. The van der Waals surface area contributed by atoms with E-state index in [2.05, 4.69) is 5.87 Å². The maximum atomic E-state index is 11.8. The Balaban J connectivity index is 2.50. The highest BCUT2D eigenvalue weighted by Gasteiger charge is 2.20. The molecule has 17 heavy (non-hydrogen) atoms. The van der Waals surface area contributed by atoms with Crippen LogP contribution in [-0.2, 0) is 4.79 Å². The summed E-state index contributed by atoms with van der Waals surface area (Å²) in [5.74, 6) is 2.16. The lowest BCUT2D eigenvalue weighted by atomic mass is 10.0. The van der Waals surface area contributed by atoms with Gasteiger partial charge in [0.05, 0.1) is 0 Å². The maximum absolute atomic E-state index is 11.8. The molecule has 3 heteroatoms. The molecule has 0 radical (unpaired) electrons. The molecule has 1 N–H and O–H groups in total. The summed E-state index contributed by atoms with van der Waals surface area (Å²) in [5, 5.41) is 7.34. The number of allylic oxidation sites excluding steroid dienone is 1. The van der Waals surface area contributed by atoms with Crippen molar-refractivity contribution in [1.29, 1.82) is 5.41 Å². The number of amides is 1. The van der Waals surface area contributed by atoms with Crippen LogP contribution in [0.1, 0.15) is 18.1 Å². The van der Waals surface area contributed by atoms with E-state index in [1.54, 1.807) is 19.2 Å². The van der Waals surface area contributed by atoms with Crippen LogP contribution in [0.2, 0.25) is 0 Å². The Bertz CT molecular complexity index is 563. The molecule has 1 amide bonds. The van der Waals surface area contributed by atoms with E-state index < -0.39 is 0 Å². The van der Waals surface area contributed by atoms with E-state index in [9.17, 15) is 4.79 Å². The third-order valence-electron chi connectivity index (χ3n) is 2.53. The third-order valence-corrected chi connectivity index (χ3v) is 2.53. The number of nitrogens with one attached hydrogen (secondary N) is 1. The zero-order valence-electron chi connectivity index (χ0n) is 9.47. The largest absolute Gasteiger partial charge is 0.275 e. The molecule has 0 saturated heterocycles. The highest BCUT2D eigenvalue weighted by Crippen LogP contribution is 2.27. The summed E-state index contributed by atoms with van der Waals surface area (Å²) in [4.78, 5) is 13.2. The second kappa shape index (κ2) is 4.64. The Morgan fingerprint density at radius 3 is 2.88 bits per heavy atom. The molecule has 1 aliphatic rings. The first-order chi connectivity index (χ1) is 8.27. The van der Waals surface area contributed by atoms with Crippen LogP contribution < -0.4 is 0 Å². The summed E-state index contributed by atoms with van der Waals surface area (Å²) in [6, 6.07) is 7.63. The predicted molar refractivity (Wildman–Crippen MR) is 68.3 cm³/mol. The van der Waals surface area contributed by atoms with Gasteiger partial charge in [-0.25, -0.2) is 0 Å². The second-order valence-electron chi connectivity index (χ2n) is 3.58. The molecule has 0 saturated carbocycles. The molecule has 1 aliphatic heterocycles. The van der Waals surface area contributed by atoms with Gasteiger partial charge in [0, 0.05) is 17.6 Å². The Hall–Kier alpha value is -2.38. The van der Waals surface area contributed by atoms with E-state index in [0.717, 1.165) is 11.1 Å². The highest BCUT2D eigenvalue weighted by atomic mass is 16.2. The number of carbonyl (C=O) groups is 1. The Kier molecular flexibility index (Phi) is 3.03. The summed E-state index contributed by atoms with van der Waals surface area (Å²) < 4.78 is 0. The fraction of sp³-hybridized carbons (Fsp3) is 0.0714. The lowest BCUT2D eigenvalue weighted by Crippen LogP contribution is -2.25. The van der Waals surface area contributed by atoms with Crippen LogP contribution in [0, 0.1) is 5.41 Å². The van der Waals surface area contributed by atoms with Crippen molar-refractivity contribution in [3.05, 3.63) is 53.7 Å². The Morgan fingerprint density at radius 2 is 2.18 bits per heavy atom. The van der Waals surface area contributed by atoms with Crippen molar-refractivity contribution in [2.75, 3.05) is 0 Å². The zero-order valence-corrected chi connectivity index (χ0v) is 9.47. The number of benzene rings is 1. The van der Waals surface area contributed by atoms with Gasteiger partial charge in [-0.2, -0.15) is 0 Å². The van der Waals surface area contributed by atoms with E-state index in [0.29, 0.717) is 5.70 Å². The molecule has 0 aliphatic carbocycles. The van der Waals surface area contributed by atoms with Gasteiger partial charge in [0.1, 0.15) is 5.70 Å². The summed E-state index contributed by atoms with van der Waals surface area (Å²) in [6.07, 6.45) is 6.67. The summed E-state index contributed by atoms with van der Waals surface area (Å²) in [6.45, 7) is 1.79. The number of carbonyl (C=O) groups excluding carboxylic acids is 1. The van der Waals surface area contributed by atoms with Crippen LogP contribution in [0.4, 0.5) is 0 Å². The smallest absolute Gasteiger partial charge is 0.255 e. The molecule has 1 aromatic rings. The molecule has 0 fully saturated rings. The van der Waals surface area contributed by atoms with Gasteiger partial charge in [-0.3, -0.25) is 15.1 Å². The van der Waals surface area contributed by atoms with Gasteiger partial charge in [0.2, 0.25) is 0 Å². The standard InChI is InChI=1S/C14H12N2O/c1-2-5-14(17)16-9-8-11-6-3-4-7-12(11)13(16)10-15/h2-9,15H,1H3/b5-2+. The molecule has 1 heterocycles. The molecule has 0 spiro atoms. The number of nitrogens with zero attached hydrogens (tertiary/aromatic N) is 1. The van der Waals surface area contributed by atoms with Gasteiger partial charge in [0.25, 0.3) is 5.91 Å². The minimum Gasteiger partial charge on any atom is -0.275 e. The average molecular weight is 224 g/mol. The summed E-state index contributed by atoms with van der Waals surface area (Å²) in [5.41, 5.74) is 2.32. The van der Waals surface area contributed by atoms with Crippen molar-refractivity contribution >= 4 is 23.6 Å². The van der Waals surface area contributed by atoms with Crippen molar-refractivity contribution in [1.82, 2.24) is 4.90 Å². The first-order valence-corrected chi connectivity index (χ1v) is 5.31. The van der Waals surface area contributed by atoms with E-state index in [1.165, 1.54) is 11.0 Å². The first kappa shape index (κ1) is 11.1. The number of hydrogen-bond donors (Lipinski definition) is 1. The Labute approximate surface area is 99.9 Å². The molecular formula is C14H12N2O. The van der Waals surface area contributed by atoms with Crippen LogP contribution in [0.5, 0.6) is 0 Å². The number of rotatable bonds is 1. The molecule has 0 atom stereocenters. The lowest BCUT2D eigenvalue weighted by Gasteiger charge is -2.23. The van der Waals surface area contributed by atoms with E-state index >= 15 is 0 Å². The van der Waals surface area contributed by atoms with Crippen molar-refractivity contribution in [2.24, 2.45) is 0 Å². The summed E-state index contributed by atoms with van der Waals surface area (Å²) >= 11 is 0.